The maximum Gasteiger partial charge on any atom is 0.260 e. The number of aliphatic hydroxyl groups excluding tert-OH is 1. The highest BCUT2D eigenvalue weighted by Crippen LogP contribution is 2.25. The molecule has 0 atom stereocenters. The Labute approximate surface area is 223 Å². The van der Waals surface area contributed by atoms with Gasteiger partial charge in [0.25, 0.3) is 5.91 Å². The molecule has 12 nitrogen and oxygen atoms in total. The average molecular weight is 549 g/mol. The molecule has 4 rings (SSSR count). The van der Waals surface area contributed by atoms with Crippen molar-refractivity contribution in [2.45, 2.75) is 49.1 Å². The summed E-state index contributed by atoms with van der Waals surface area (Å²) in [6, 6.07) is 6.17. The number of anilines is 3. The van der Waals surface area contributed by atoms with Crippen LogP contribution in [0.5, 0.6) is 0 Å². The molecule has 2 aliphatic rings. The van der Waals surface area contributed by atoms with Crippen molar-refractivity contribution in [3.8, 4) is 0 Å². The van der Waals surface area contributed by atoms with E-state index in [0.29, 0.717) is 69.8 Å². The minimum Gasteiger partial charge on any atom is -0.393 e. The number of carbonyl (C=O) groups is 1. The minimum absolute atomic E-state index is 0.0749. The number of sulfonamides is 1. The Balaban J connectivity index is 1.47. The summed E-state index contributed by atoms with van der Waals surface area (Å²) < 4.78 is 37.5. The summed E-state index contributed by atoms with van der Waals surface area (Å²) in [5.41, 5.74) is 0.716. The van der Waals surface area contributed by atoms with Gasteiger partial charge in [-0.25, -0.2) is 13.4 Å². The molecule has 208 valence electrons. The van der Waals surface area contributed by atoms with Gasteiger partial charge in [0.15, 0.2) is 0 Å². The van der Waals surface area contributed by atoms with E-state index < -0.39 is 15.9 Å². The molecule has 1 aromatic heterocycles. The van der Waals surface area contributed by atoms with Crippen LogP contribution in [-0.4, -0.2) is 92.4 Å². The van der Waals surface area contributed by atoms with Crippen molar-refractivity contribution in [1.82, 2.24) is 14.3 Å². The average Bonchev–Trinajstić information content (AvgIpc) is 2.93. The minimum atomic E-state index is -3.62. The molecular formula is C25H36N6O6S. The number of nitrogens with zero attached hydrogens (tertiary/aromatic N) is 3. The quantitative estimate of drug-likeness (QED) is 0.306. The van der Waals surface area contributed by atoms with E-state index >= 15 is 0 Å². The molecular weight excluding hydrogens is 512 g/mol. The van der Waals surface area contributed by atoms with Gasteiger partial charge >= 0.3 is 0 Å². The third-order valence-electron chi connectivity index (χ3n) is 6.60. The van der Waals surface area contributed by atoms with E-state index in [4.69, 9.17) is 9.47 Å². The summed E-state index contributed by atoms with van der Waals surface area (Å²) in [7, 11) is -1.98. The van der Waals surface area contributed by atoms with Crippen LogP contribution in [0.2, 0.25) is 0 Å². The smallest absolute Gasteiger partial charge is 0.260 e. The summed E-state index contributed by atoms with van der Waals surface area (Å²) in [5, 5.41) is 19.2. The molecule has 4 N–H and O–H groups in total. The second kappa shape index (κ2) is 13.3. The third-order valence-corrected chi connectivity index (χ3v) is 8.51. The highest BCUT2D eigenvalue weighted by atomic mass is 32.2. The second-order valence-electron chi connectivity index (χ2n) is 9.37. The number of amides is 1. The summed E-state index contributed by atoms with van der Waals surface area (Å²) in [6.07, 6.45) is 4.86. The van der Waals surface area contributed by atoms with E-state index in [2.05, 4.69) is 25.9 Å². The number of hydrogen-bond acceptors (Lipinski definition) is 10. The number of methoxy groups -OCH3 is 1. The number of hydrogen-bond donors (Lipinski definition) is 4. The Morgan fingerprint density at radius 2 is 1.87 bits per heavy atom. The van der Waals surface area contributed by atoms with Crippen molar-refractivity contribution in [2.24, 2.45) is 0 Å². The van der Waals surface area contributed by atoms with Crippen LogP contribution < -0.4 is 16.0 Å². The lowest BCUT2D eigenvalue weighted by Crippen LogP contribution is -2.40. The zero-order valence-corrected chi connectivity index (χ0v) is 22.4. The molecule has 2 aromatic rings. The first kappa shape index (κ1) is 28.2. The number of aromatic nitrogens is 2. The normalized spacial score (nSPS) is 20.6. The number of rotatable bonds is 11. The Hall–Kier alpha value is -2.84. The van der Waals surface area contributed by atoms with Gasteiger partial charge in [-0.2, -0.15) is 9.29 Å². The number of benzene rings is 1. The molecule has 38 heavy (non-hydrogen) atoms. The standard InChI is InChI=1S/C25H36N6O6S/c1-36-14-2-11-26-25-27-17-22(23(30-25)28-18-3-7-20(32)8-4-18)24(33)29-19-5-9-21(10-6-19)38(34,35)31-12-15-37-16-13-31/h5-6,9-10,17-18,20,32H,2-4,7-8,11-16H2,1H3,(H,29,33)(H2,26,27,28,30). The molecule has 1 aliphatic heterocycles. The fourth-order valence-electron chi connectivity index (χ4n) is 4.42. The van der Waals surface area contributed by atoms with Crippen LogP contribution in [0.4, 0.5) is 17.5 Å². The van der Waals surface area contributed by atoms with Crippen LogP contribution in [0, 0.1) is 0 Å². The molecule has 2 fully saturated rings. The maximum absolute atomic E-state index is 13.2. The maximum atomic E-state index is 13.2. The second-order valence-corrected chi connectivity index (χ2v) is 11.3. The van der Waals surface area contributed by atoms with Gasteiger partial charge < -0.3 is 30.5 Å². The van der Waals surface area contributed by atoms with Gasteiger partial charge in [0.05, 0.1) is 24.2 Å². The summed E-state index contributed by atoms with van der Waals surface area (Å²) >= 11 is 0. The lowest BCUT2D eigenvalue weighted by molar-refractivity contribution is 0.0730. The summed E-state index contributed by atoms with van der Waals surface area (Å²) in [4.78, 5) is 22.2. The number of morpholine rings is 1. The molecule has 1 aliphatic carbocycles. The molecule has 2 heterocycles. The molecule has 1 saturated carbocycles. The monoisotopic (exact) mass is 548 g/mol. The van der Waals surface area contributed by atoms with Gasteiger partial charge in [0.2, 0.25) is 16.0 Å². The zero-order chi connectivity index (χ0) is 27.0. The van der Waals surface area contributed by atoms with Gasteiger partial charge in [-0.1, -0.05) is 0 Å². The first-order valence-corrected chi connectivity index (χ1v) is 14.3. The third kappa shape index (κ3) is 7.38. The van der Waals surface area contributed by atoms with Crippen LogP contribution in [0.1, 0.15) is 42.5 Å². The van der Waals surface area contributed by atoms with Crippen LogP contribution >= 0.6 is 0 Å². The van der Waals surface area contributed by atoms with E-state index in [1.807, 2.05) is 0 Å². The van der Waals surface area contributed by atoms with Crippen molar-refractivity contribution in [3.05, 3.63) is 36.0 Å². The Morgan fingerprint density at radius 3 is 2.55 bits per heavy atom. The molecule has 0 unspecified atom stereocenters. The SMILES string of the molecule is COCCCNc1ncc(C(=O)Nc2ccc(S(=O)(=O)N3CCOCC3)cc2)c(NC2CCC(O)CC2)n1. The van der Waals surface area contributed by atoms with Gasteiger partial charge in [0, 0.05) is 51.3 Å². The first-order valence-electron chi connectivity index (χ1n) is 12.9. The van der Waals surface area contributed by atoms with Crippen molar-refractivity contribution >= 4 is 33.4 Å². The molecule has 0 spiro atoms. The molecule has 1 amide bonds. The zero-order valence-electron chi connectivity index (χ0n) is 21.6. The highest BCUT2D eigenvalue weighted by Gasteiger charge is 2.26. The summed E-state index contributed by atoms with van der Waals surface area (Å²) in [5.74, 6) is 0.381. The molecule has 0 bridgehead atoms. The van der Waals surface area contributed by atoms with E-state index in [1.165, 1.54) is 22.6 Å². The number of ether oxygens (including phenoxy) is 2. The van der Waals surface area contributed by atoms with Gasteiger partial charge in [-0.3, -0.25) is 4.79 Å². The highest BCUT2D eigenvalue weighted by molar-refractivity contribution is 7.89. The molecule has 0 radical (unpaired) electrons. The van der Waals surface area contributed by atoms with Gasteiger partial charge in [0.1, 0.15) is 11.4 Å². The molecule has 1 aromatic carbocycles. The number of carbonyl (C=O) groups excluding carboxylic acids is 1. The topological polar surface area (TPSA) is 155 Å². The van der Waals surface area contributed by atoms with Crippen molar-refractivity contribution in [2.75, 3.05) is 62.5 Å². The molecule has 13 heteroatoms. The van der Waals surface area contributed by atoms with E-state index in [1.54, 1.807) is 19.2 Å². The van der Waals surface area contributed by atoms with E-state index in [9.17, 15) is 18.3 Å². The van der Waals surface area contributed by atoms with Crippen LogP contribution in [0.3, 0.4) is 0 Å². The predicted molar refractivity (Wildman–Crippen MR) is 143 cm³/mol. The van der Waals surface area contributed by atoms with E-state index in [0.717, 1.165) is 19.3 Å². The number of aliphatic hydroxyl groups is 1. The Bertz CT molecular complexity index is 1170. The number of nitrogens with one attached hydrogen (secondary N) is 3. The van der Waals surface area contributed by atoms with E-state index in [-0.39, 0.29) is 22.6 Å². The lowest BCUT2D eigenvalue weighted by Gasteiger charge is -2.27. The van der Waals surface area contributed by atoms with Gasteiger partial charge in [-0.05, 0) is 56.4 Å². The van der Waals surface area contributed by atoms with Crippen LogP contribution in [0.15, 0.2) is 35.4 Å². The van der Waals surface area contributed by atoms with Gasteiger partial charge in [-0.15, -0.1) is 0 Å². The Kier molecular flexibility index (Phi) is 9.86. The lowest BCUT2D eigenvalue weighted by atomic mass is 9.93. The van der Waals surface area contributed by atoms with Crippen molar-refractivity contribution in [3.63, 3.8) is 0 Å². The fraction of sp³-hybridized carbons (Fsp3) is 0.560. The van der Waals surface area contributed by atoms with Crippen molar-refractivity contribution < 1.29 is 27.8 Å². The summed E-state index contributed by atoms with van der Waals surface area (Å²) in [6.45, 7) is 2.59. The van der Waals surface area contributed by atoms with Crippen LogP contribution in [-0.2, 0) is 19.5 Å². The first-order chi connectivity index (χ1) is 18.4. The van der Waals surface area contributed by atoms with Crippen LogP contribution in [0.25, 0.3) is 0 Å². The predicted octanol–water partition coefficient (Wildman–Crippen LogP) is 1.91. The largest absolute Gasteiger partial charge is 0.393 e. The van der Waals surface area contributed by atoms with Crippen molar-refractivity contribution in [1.29, 1.82) is 0 Å². The fourth-order valence-corrected chi connectivity index (χ4v) is 5.83. The Morgan fingerprint density at radius 1 is 1.16 bits per heavy atom. The molecule has 1 saturated heterocycles.